The van der Waals surface area contributed by atoms with E-state index in [1.807, 2.05) is 7.05 Å². The number of allylic oxidation sites excluding steroid dienone is 2. The van der Waals surface area contributed by atoms with E-state index in [0.717, 1.165) is 43.4 Å². The van der Waals surface area contributed by atoms with Gasteiger partial charge < -0.3 is 24.8 Å². The highest BCUT2D eigenvalue weighted by Crippen LogP contribution is 2.26. The lowest BCUT2D eigenvalue weighted by molar-refractivity contribution is -0.135. The number of nitrogens with zero attached hydrogens (tertiary/aromatic N) is 3. The van der Waals surface area contributed by atoms with E-state index in [1.54, 1.807) is 50.3 Å². The van der Waals surface area contributed by atoms with Crippen LogP contribution in [0.1, 0.15) is 63.2 Å². The van der Waals surface area contributed by atoms with Crippen LogP contribution in [0.3, 0.4) is 0 Å². The second kappa shape index (κ2) is 15.8. The second-order valence-electron chi connectivity index (χ2n) is 9.14. The number of ketones is 1. The first-order chi connectivity index (χ1) is 17.1. The number of carbonyl (C=O) groups is 4. The van der Waals surface area contributed by atoms with Crippen LogP contribution in [0, 0.1) is 0 Å². The van der Waals surface area contributed by atoms with Gasteiger partial charge in [0, 0.05) is 77.3 Å². The van der Waals surface area contributed by atoms with Gasteiger partial charge in [0.1, 0.15) is 6.42 Å². The fourth-order valence-electron chi connectivity index (χ4n) is 3.96. The number of benzene rings is 1. The number of rotatable bonds is 13. The van der Waals surface area contributed by atoms with Crippen LogP contribution < -0.4 is 10.2 Å². The van der Waals surface area contributed by atoms with Crippen LogP contribution in [0.15, 0.2) is 35.5 Å². The first kappa shape index (κ1) is 31.8. The molecule has 1 aromatic carbocycles. The maximum atomic E-state index is 13.0. The highest BCUT2D eigenvalue weighted by molar-refractivity contribution is 6.10. The Bertz CT molecular complexity index is 958. The zero-order valence-corrected chi connectivity index (χ0v) is 22.3. The summed E-state index contributed by atoms with van der Waals surface area (Å²) < 4.78 is 5.53. The van der Waals surface area contributed by atoms with Gasteiger partial charge in [0.05, 0.1) is 6.61 Å². The third-order valence-electron chi connectivity index (χ3n) is 6.55. The Morgan fingerprint density at radius 1 is 0.892 bits per heavy atom. The minimum absolute atomic E-state index is 0. The smallest absolute Gasteiger partial charge is 0.236 e. The molecule has 2 rings (SSSR count). The van der Waals surface area contributed by atoms with Gasteiger partial charge in [0.25, 0.3) is 0 Å². The minimum atomic E-state index is -0.327. The number of likely N-dealkylation sites (N-methyl/N-ethyl adjacent to an activating group) is 1. The molecule has 3 amide bonds. The molecule has 1 aromatic rings. The summed E-state index contributed by atoms with van der Waals surface area (Å²) in [4.78, 5) is 53.8. The van der Waals surface area contributed by atoms with Crippen LogP contribution >= 0.6 is 0 Å². The summed E-state index contributed by atoms with van der Waals surface area (Å²) in [7, 11) is 6.85. The van der Waals surface area contributed by atoms with Crippen LogP contribution in [0.4, 0.5) is 5.69 Å². The van der Waals surface area contributed by atoms with Crippen molar-refractivity contribution in [2.45, 2.75) is 52.9 Å². The summed E-state index contributed by atoms with van der Waals surface area (Å²) in [5.74, 6) is -0.585. The van der Waals surface area contributed by atoms with E-state index in [-0.39, 0.29) is 37.4 Å². The predicted molar refractivity (Wildman–Crippen MR) is 146 cm³/mol. The lowest BCUT2D eigenvalue weighted by Crippen LogP contribution is -2.36. The number of ether oxygens (including phenoxy) is 1. The fraction of sp³-hybridized carbons (Fsp3) is 0.571. The van der Waals surface area contributed by atoms with E-state index < -0.39 is 0 Å². The SMILES string of the molecule is C.CNC1=C(C(=O)c2ccc(N(C)C(=O)CC(=O)N(C)CCOCCCN(C)C(C)=O)cc2)CCCC1. The Kier molecular flexibility index (Phi) is 13.6. The number of anilines is 1. The van der Waals surface area contributed by atoms with Crippen LogP contribution in [0.25, 0.3) is 0 Å². The van der Waals surface area contributed by atoms with Crippen LogP contribution in [-0.4, -0.2) is 87.8 Å². The molecule has 0 fully saturated rings. The monoisotopic (exact) mass is 516 g/mol. The average Bonchev–Trinajstić information content (AvgIpc) is 2.89. The van der Waals surface area contributed by atoms with Crippen LogP contribution in [-0.2, 0) is 19.1 Å². The molecule has 206 valence electrons. The lowest BCUT2D eigenvalue weighted by atomic mass is 9.90. The van der Waals surface area contributed by atoms with Gasteiger partial charge in [0.2, 0.25) is 17.7 Å². The molecule has 37 heavy (non-hydrogen) atoms. The Morgan fingerprint density at radius 2 is 1.54 bits per heavy atom. The molecule has 0 radical (unpaired) electrons. The Balaban J connectivity index is 0.00000684. The third kappa shape index (κ3) is 9.64. The molecular formula is C28H44N4O5. The van der Waals surface area contributed by atoms with Crippen LogP contribution in [0.5, 0.6) is 0 Å². The van der Waals surface area contributed by atoms with Gasteiger partial charge in [-0.05, 0) is 56.4 Å². The van der Waals surface area contributed by atoms with Gasteiger partial charge >= 0.3 is 0 Å². The van der Waals surface area contributed by atoms with Gasteiger partial charge in [-0.15, -0.1) is 0 Å². The van der Waals surface area contributed by atoms with Crippen molar-refractivity contribution in [2.24, 2.45) is 0 Å². The number of Topliss-reactive ketones (excluding diaryl/α,β-unsaturated/α-hetero) is 1. The topological polar surface area (TPSA) is 99.3 Å². The summed E-state index contributed by atoms with van der Waals surface area (Å²) in [5, 5.41) is 3.15. The molecule has 0 bridgehead atoms. The zero-order chi connectivity index (χ0) is 26.7. The number of carbonyl (C=O) groups excluding carboxylic acids is 4. The molecule has 9 nitrogen and oxygen atoms in total. The summed E-state index contributed by atoms with van der Waals surface area (Å²) in [6.45, 7) is 3.37. The Labute approximate surface area is 221 Å². The molecule has 1 aliphatic rings. The molecule has 0 aromatic heterocycles. The van der Waals surface area contributed by atoms with Gasteiger partial charge in [0.15, 0.2) is 5.78 Å². The molecular weight excluding hydrogens is 472 g/mol. The maximum absolute atomic E-state index is 13.0. The van der Waals surface area contributed by atoms with Gasteiger partial charge in [-0.1, -0.05) is 7.43 Å². The molecule has 0 aliphatic heterocycles. The van der Waals surface area contributed by atoms with Crippen molar-refractivity contribution < 1.29 is 23.9 Å². The number of amides is 3. The van der Waals surface area contributed by atoms with E-state index in [1.165, 1.54) is 16.7 Å². The average molecular weight is 517 g/mol. The standard InChI is InChI=1S/C27H40N4O5.CH4/c1-20(32)29(3)15-8-17-36-18-16-30(4)25(33)19-26(34)31(5)22-13-11-21(12-14-22)27(35)23-9-6-7-10-24(23)28-2;/h11-14,28H,6-10,15-19H2,1-5H3;1H4. The largest absolute Gasteiger partial charge is 0.391 e. The molecule has 9 heteroatoms. The molecule has 0 atom stereocenters. The zero-order valence-electron chi connectivity index (χ0n) is 22.3. The first-order valence-corrected chi connectivity index (χ1v) is 12.5. The number of hydrogen-bond donors (Lipinski definition) is 1. The molecule has 0 spiro atoms. The third-order valence-corrected chi connectivity index (χ3v) is 6.55. The van der Waals surface area contributed by atoms with E-state index in [0.29, 0.717) is 37.6 Å². The number of hydrogen-bond acceptors (Lipinski definition) is 6. The molecule has 1 N–H and O–H groups in total. The lowest BCUT2D eigenvalue weighted by Gasteiger charge is -2.21. The van der Waals surface area contributed by atoms with Gasteiger partial charge in [-0.25, -0.2) is 0 Å². The van der Waals surface area contributed by atoms with Crippen molar-refractivity contribution in [3.8, 4) is 0 Å². The predicted octanol–water partition coefficient (Wildman–Crippen LogP) is 3.25. The number of nitrogens with one attached hydrogen (secondary N) is 1. The van der Waals surface area contributed by atoms with Crippen molar-refractivity contribution in [3.05, 3.63) is 41.1 Å². The maximum Gasteiger partial charge on any atom is 0.236 e. The highest BCUT2D eigenvalue weighted by atomic mass is 16.5. The molecule has 0 heterocycles. The van der Waals surface area contributed by atoms with E-state index in [4.69, 9.17) is 4.74 Å². The highest BCUT2D eigenvalue weighted by Gasteiger charge is 2.21. The minimum Gasteiger partial charge on any atom is -0.391 e. The quantitative estimate of drug-likeness (QED) is 0.246. The van der Waals surface area contributed by atoms with Crippen molar-refractivity contribution >= 4 is 29.2 Å². The van der Waals surface area contributed by atoms with Crippen molar-refractivity contribution in [1.82, 2.24) is 15.1 Å². The Hall–Kier alpha value is -3.20. The molecule has 0 unspecified atom stereocenters. The van der Waals surface area contributed by atoms with E-state index in [2.05, 4.69) is 5.32 Å². The summed E-state index contributed by atoms with van der Waals surface area (Å²) in [5.41, 5.74) is 3.06. The normalized spacial score (nSPS) is 12.9. The van der Waals surface area contributed by atoms with Crippen molar-refractivity contribution in [3.63, 3.8) is 0 Å². The second-order valence-corrected chi connectivity index (χ2v) is 9.14. The van der Waals surface area contributed by atoms with Gasteiger partial charge in [-0.3, -0.25) is 19.2 Å². The summed E-state index contributed by atoms with van der Waals surface area (Å²) in [6.07, 6.45) is 4.22. The molecule has 0 saturated heterocycles. The summed E-state index contributed by atoms with van der Waals surface area (Å²) in [6, 6.07) is 6.93. The van der Waals surface area contributed by atoms with Crippen molar-refractivity contribution in [1.29, 1.82) is 0 Å². The molecule has 0 saturated carbocycles. The fourth-order valence-corrected chi connectivity index (χ4v) is 3.96. The van der Waals surface area contributed by atoms with E-state index in [9.17, 15) is 19.2 Å². The van der Waals surface area contributed by atoms with E-state index >= 15 is 0 Å². The summed E-state index contributed by atoms with van der Waals surface area (Å²) >= 11 is 0. The van der Waals surface area contributed by atoms with Crippen LogP contribution in [0.2, 0.25) is 0 Å². The van der Waals surface area contributed by atoms with Gasteiger partial charge in [-0.2, -0.15) is 0 Å². The molecule has 1 aliphatic carbocycles. The Morgan fingerprint density at radius 3 is 2.16 bits per heavy atom. The van der Waals surface area contributed by atoms with Crippen molar-refractivity contribution in [2.75, 3.05) is 59.4 Å². The first-order valence-electron chi connectivity index (χ1n) is 12.5.